The van der Waals surface area contributed by atoms with Crippen molar-refractivity contribution in [1.29, 1.82) is 0 Å². The van der Waals surface area contributed by atoms with E-state index in [2.05, 4.69) is 26.0 Å². The molecule has 160 valence electrons. The molecule has 0 saturated carbocycles. The number of nitrogens with zero attached hydrogens (tertiary/aromatic N) is 1. The highest BCUT2D eigenvalue weighted by Crippen LogP contribution is 2.44. The average molecular weight is 401 g/mol. The minimum atomic E-state index is -2.42. The van der Waals surface area contributed by atoms with Crippen LogP contribution in [0.4, 0.5) is 0 Å². The van der Waals surface area contributed by atoms with Crippen molar-refractivity contribution in [2.45, 2.75) is 115 Å². The van der Waals surface area contributed by atoms with E-state index in [4.69, 9.17) is 0 Å². The summed E-state index contributed by atoms with van der Waals surface area (Å²) in [5, 5.41) is -0.589. The fourth-order valence-electron chi connectivity index (χ4n) is 3.91. The molecule has 0 bridgehead atoms. The van der Waals surface area contributed by atoms with Crippen molar-refractivity contribution in [2.75, 3.05) is 21.1 Å². The number of hydrogen-bond donors (Lipinski definition) is 0. The van der Waals surface area contributed by atoms with Gasteiger partial charge in [0.15, 0.2) is 0 Å². The lowest BCUT2D eigenvalue weighted by Gasteiger charge is -2.41. The van der Waals surface area contributed by atoms with Crippen LogP contribution in [0.2, 0.25) is 0 Å². The molecule has 0 rings (SSSR count). The largest absolute Gasteiger partial charge is 0.378 e. The van der Waals surface area contributed by atoms with Gasteiger partial charge in [-0.05, 0) is 32.1 Å². The monoisotopic (exact) mass is 400 g/mol. The van der Waals surface area contributed by atoms with E-state index in [-0.39, 0.29) is 0 Å². The maximum Gasteiger partial charge on any atom is 0.378 e. The third-order valence-corrected chi connectivity index (χ3v) is 7.55. The van der Waals surface area contributed by atoms with Gasteiger partial charge in [0.05, 0.1) is 21.1 Å². The Bertz CT molecular complexity index is 444. The molecular formula is C23H47NO2P+. The molecule has 1 atom stereocenters. The Balaban J connectivity index is 3.84. The zero-order chi connectivity index (χ0) is 20.6. The maximum atomic E-state index is 12.0. The first-order chi connectivity index (χ1) is 12.8. The van der Waals surface area contributed by atoms with Crippen LogP contribution < -0.4 is 0 Å². The van der Waals surface area contributed by atoms with Crippen LogP contribution in [0.1, 0.15) is 110 Å². The Hall–Kier alpha value is -0.400. The number of unbranched alkanes of at least 4 members (excludes halogenated alkanes) is 10. The smallest absolute Gasteiger partial charge is 0.314 e. The summed E-state index contributed by atoms with van der Waals surface area (Å²) in [6, 6.07) is 0. The molecule has 0 N–H and O–H groups in total. The van der Waals surface area contributed by atoms with Gasteiger partial charge in [-0.2, -0.15) is 0 Å². The van der Waals surface area contributed by atoms with E-state index < -0.39 is 13.0 Å². The molecule has 4 heteroatoms. The first kappa shape index (κ1) is 26.6. The van der Waals surface area contributed by atoms with Crippen molar-refractivity contribution < 1.29 is 13.6 Å². The molecule has 0 heterocycles. The lowest BCUT2D eigenvalue weighted by molar-refractivity contribution is -0.908. The molecule has 0 aliphatic heterocycles. The van der Waals surface area contributed by atoms with Crippen LogP contribution in [-0.2, 0) is 9.13 Å². The molecule has 0 aromatic rings. The summed E-state index contributed by atoms with van der Waals surface area (Å²) in [6.07, 6.45) is 22.3. The summed E-state index contributed by atoms with van der Waals surface area (Å²) >= 11 is 0. The summed E-state index contributed by atoms with van der Waals surface area (Å²) < 4.78 is 24.6. The third kappa shape index (κ3) is 11.3. The minimum absolute atomic E-state index is 0.520. The zero-order valence-electron chi connectivity index (χ0n) is 19.0. The van der Waals surface area contributed by atoms with E-state index in [1.54, 1.807) is 0 Å². The number of allylic oxidation sites excluding steroid dienone is 2. The number of rotatable bonds is 18. The highest BCUT2D eigenvalue weighted by molar-refractivity contribution is 7.32. The fourth-order valence-corrected chi connectivity index (χ4v) is 5.15. The fraction of sp³-hybridized carbons (Fsp3) is 0.913. The lowest BCUT2D eigenvalue weighted by Crippen LogP contribution is -2.53. The van der Waals surface area contributed by atoms with Gasteiger partial charge >= 0.3 is 7.68 Å². The Labute approximate surface area is 170 Å². The predicted molar refractivity (Wildman–Crippen MR) is 119 cm³/mol. The maximum absolute atomic E-state index is 12.0. The van der Waals surface area contributed by atoms with Crippen LogP contribution in [0, 0.1) is 0 Å². The van der Waals surface area contributed by atoms with Gasteiger partial charge in [-0.15, -0.1) is 0 Å². The van der Waals surface area contributed by atoms with Crippen LogP contribution in [0.15, 0.2) is 12.2 Å². The molecule has 1 unspecified atom stereocenters. The average Bonchev–Trinajstić information content (AvgIpc) is 2.59. The van der Waals surface area contributed by atoms with Crippen molar-refractivity contribution >= 4 is 7.68 Å². The van der Waals surface area contributed by atoms with E-state index in [1.807, 2.05) is 21.1 Å². The van der Waals surface area contributed by atoms with Crippen LogP contribution in [0.5, 0.6) is 0 Å². The topological polar surface area (TPSA) is 34.1 Å². The van der Waals surface area contributed by atoms with Gasteiger partial charge in [0.25, 0.3) is 0 Å². The normalized spacial score (nSPS) is 14.6. The highest BCUT2D eigenvalue weighted by Gasteiger charge is 2.47. The van der Waals surface area contributed by atoms with Gasteiger partial charge in [0.1, 0.15) is 0 Å². The van der Waals surface area contributed by atoms with Gasteiger partial charge in [-0.1, -0.05) is 77.4 Å². The van der Waals surface area contributed by atoms with Crippen LogP contribution >= 0.6 is 7.68 Å². The SMILES string of the molecule is CCCCC=CCCCCCCCCCCC(CCC)(P(=O)=O)[N+](C)(C)C. The second kappa shape index (κ2) is 15.5. The molecule has 0 aliphatic carbocycles. The molecule has 0 radical (unpaired) electrons. The highest BCUT2D eigenvalue weighted by atomic mass is 31.1. The van der Waals surface area contributed by atoms with Crippen molar-refractivity contribution in [1.82, 2.24) is 0 Å². The molecule has 0 aromatic carbocycles. The van der Waals surface area contributed by atoms with Gasteiger partial charge in [-0.25, -0.2) is 9.13 Å². The zero-order valence-corrected chi connectivity index (χ0v) is 19.9. The van der Waals surface area contributed by atoms with Crippen molar-refractivity contribution in [3.8, 4) is 0 Å². The standard InChI is InChI=1S/C23H47NO2P/c1-6-8-9-10-11-12-13-14-15-16-17-18-19-20-22-23(21-7-2,27(25)26)24(3,4)5/h10-11H,6-9,12-22H2,1-5H3/q+1. The second-order valence-corrected chi connectivity index (χ2v) is 10.3. The Morgan fingerprint density at radius 3 is 1.59 bits per heavy atom. The molecule has 0 aliphatic rings. The molecule has 0 amide bonds. The van der Waals surface area contributed by atoms with E-state index in [9.17, 15) is 9.13 Å². The molecular weight excluding hydrogens is 353 g/mol. The van der Waals surface area contributed by atoms with Crippen molar-refractivity contribution in [2.24, 2.45) is 0 Å². The summed E-state index contributed by atoms with van der Waals surface area (Å²) in [5.41, 5.74) is 0. The summed E-state index contributed by atoms with van der Waals surface area (Å²) in [7, 11) is 3.67. The van der Waals surface area contributed by atoms with E-state index in [1.165, 1.54) is 64.2 Å². The van der Waals surface area contributed by atoms with Gasteiger partial charge in [0, 0.05) is 12.8 Å². The van der Waals surface area contributed by atoms with E-state index >= 15 is 0 Å². The Kier molecular flexibility index (Phi) is 15.3. The Morgan fingerprint density at radius 1 is 0.667 bits per heavy atom. The summed E-state index contributed by atoms with van der Waals surface area (Å²) in [4.78, 5) is 0. The lowest BCUT2D eigenvalue weighted by atomic mass is 9.99. The van der Waals surface area contributed by atoms with Gasteiger partial charge in [-0.3, -0.25) is 0 Å². The van der Waals surface area contributed by atoms with E-state index in [0.717, 1.165) is 32.1 Å². The van der Waals surface area contributed by atoms with Gasteiger partial charge < -0.3 is 4.48 Å². The molecule has 0 spiro atoms. The first-order valence-corrected chi connectivity index (χ1v) is 12.6. The van der Waals surface area contributed by atoms with Crippen molar-refractivity contribution in [3.63, 3.8) is 0 Å². The van der Waals surface area contributed by atoms with Crippen LogP contribution in [0.3, 0.4) is 0 Å². The molecule has 0 aromatic heterocycles. The summed E-state index contributed by atoms with van der Waals surface area (Å²) in [5.74, 6) is 0. The predicted octanol–water partition coefficient (Wildman–Crippen LogP) is 8.01. The number of hydrogen-bond acceptors (Lipinski definition) is 2. The minimum Gasteiger partial charge on any atom is -0.314 e. The van der Waals surface area contributed by atoms with Gasteiger partial charge in [0.2, 0.25) is 5.28 Å². The first-order valence-electron chi connectivity index (χ1n) is 11.4. The quantitative estimate of drug-likeness (QED) is 0.101. The molecule has 27 heavy (non-hydrogen) atoms. The second-order valence-electron chi connectivity index (χ2n) is 8.98. The van der Waals surface area contributed by atoms with E-state index in [0.29, 0.717) is 4.48 Å². The molecule has 3 nitrogen and oxygen atoms in total. The van der Waals surface area contributed by atoms with Crippen molar-refractivity contribution in [3.05, 3.63) is 12.2 Å². The Morgan fingerprint density at radius 2 is 1.15 bits per heavy atom. The summed E-state index contributed by atoms with van der Waals surface area (Å²) in [6.45, 7) is 4.33. The third-order valence-electron chi connectivity index (χ3n) is 5.83. The molecule has 0 saturated heterocycles. The van der Waals surface area contributed by atoms with Crippen LogP contribution in [-0.4, -0.2) is 30.9 Å². The molecule has 0 fully saturated rings. The van der Waals surface area contributed by atoms with Crippen LogP contribution in [0.25, 0.3) is 0 Å². The number of quaternary nitrogens is 1.